The number of amides is 1. The fourth-order valence-corrected chi connectivity index (χ4v) is 2.58. The second-order valence-electron chi connectivity index (χ2n) is 5.42. The topological polar surface area (TPSA) is 57.8 Å². The fourth-order valence-electron chi connectivity index (χ4n) is 2.32. The first-order chi connectivity index (χ1) is 11.5. The Balaban J connectivity index is 1.71. The lowest BCUT2D eigenvalue weighted by Gasteiger charge is -2.13. The minimum atomic E-state index is -0.301. The minimum Gasteiger partial charge on any atom is -0.344 e. The van der Waals surface area contributed by atoms with Crippen LogP contribution in [0, 0.1) is 5.82 Å². The summed E-state index contributed by atoms with van der Waals surface area (Å²) in [6, 6.07) is 15.2. The van der Waals surface area contributed by atoms with Crippen LogP contribution >= 0.6 is 15.9 Å². The molecule has 3 aromatic rings. The van der Waals surface area contributed by atoms with E-state index in [0.717, 1.165) is 15.6 Å². The number of halogens is 2. The van der Waals surface area contributed by atoms with Gasteiger partial charge in [-0.05, 0) is 42.8 Å². The van der Waals surface area contributed by atoms with Crippen LogP contribution in [-0.4, -0.2) is 16.1 Å². The van der Waals surface area contributed by atoms with Crippen molar-refractivity contribution in [2.75, 3.05) is 0 Å². The Kier molecular flexibility index (Phi) is 4.76. The molecule has 6 heteroatoms. The number of rotatable bonds is 4. The molecule has 0 spiro atoms. The van der Waals surface area contributed by atoms with Gasteiger partial charge in [0.1, 0.15) is 11.5 Å². The van der Waals surface area contributed by atoms with Crippen LogP contribution in [0.25, 0.3) is 11.3 Å². The normalized spacial score (nSPS) is 12.0. The van der Waals surface area contributed by atoms with Crippen LogP contribution in [0.15, 0.2) is 59.1 Å². The number of hydrogen-bond donors (Lipinski definition) is 2. The molecule has 1 atom stereocenters. The predicted octanol–water partition coefficient (Wildman–Crippen LogP) is 4.47. The molecule has 0 saturated carbocycles. The van der Waals surface area contributed by atoms with E-state index in [1.54, 1.807) is 18.2 Å². The van der Waals surface area contributed by atoms with E-state index < -0.39 is 0 Å². The zero-order valence-electron chi connectivity index (χ0n) is 12.9. The average molecular weight is 388 g/mol. The first kappa shape index (κ1) is 16.4. The van der Waals surface area contributed by atoms with Gasteiger partial charge in [0.05, 0.1) is 11.7 Å². The van der Waals surface area contributed by atoms with E-state index in [1.807, 2.05) is 31.2 Å². The fraction of sp³-hybridized carbons (Fsp3) is 0.111. The Morgan fingerprint density at radius 3 is 2.50 bits per heavy atom. The maximum Gasteiger partial charge on any atom is 0.269 e. The number of benzene rings is 2. The molecular weight excluding hydrogens is 373 g/mol. The van der Waals surface area contributed by atoms with Gasteiger partial charge < -0.3 is 5.32 Å². The van der Waals surface area contributed by atoms with Crippen LogP contribution in [-0.2, 0) is 0 Å². The summed E-state index contributed by atoms with van der Waals surface area (Å²) in [5.41, 5.74) is 2.82. The summed E-state index contributed by atoms with van der Waals surface area (Å²) >= 11 is 3.38. The molecule has 0 saturated heterocycles. The lowest BCUT2D eigenvalue weighted by Crippen LogP contribution is -2.26. The van der Waals surface area contributed by atoms with Crippen LogP contribution < -0.4 is 5.32 Å². The molecule has 0 aliphatic heterocycles. The van der Waals surface area contributed by atoms with Gasteiger partial charge in [0.2, 0.25) is 0 Å². The van der Waals surface area contributed by atoms with Crippen molar-refractivity contribution < 1.29 is 9.18 Å². The van der Waals surface area contributed by atoms with E-state index in [-0.39, 0.29) is 17.8 Å². The summed E-state index contributed by atoms with van der Waals surface area (Å²) in [5, 5.41) is 9.79. The molecule has 1 heterocycles. The van der Waals surface area contributed by atoms with E-state index in [2.05, 4.69) is 31.4 Å². The third kappa shape index (κ3) is 3.71. The smallest absolute Gasteiger partial charge is 0.269 e. The second-order valence-corrected chi connectivity index (χ2v) is 6.34. The highest BCUT2D eigenvalue weighted by Crippen LogP contribution is 2.21. The summed E-state index contributed by atoms with van der Waals surface area (Å²) in [4.78, 5) is 12.3. The van der Waals surface area contributed by atoms with Crippen molar-refractivity contribution in [1.29, 1.82) is 0 Å². The molecule has 0 bridgehead atoms. The molecule has 0 aliphatic rings. The standard InChI is InChI=1S/C18H15BrFN3O/c1-11(12-4-8-15(20)9-5-12)21-18(24)17-10-16(22-23-17)13-2-6-14(19)7-3-13/h2-11H,1H3,(H,21,24)(H,22,23)/t11-/m1/s1. The van der Waals surface area contributed by atoms with Gasteiger partial charge in [0.15, 0.2) is 0 Å². The summed E-state index contributed by atoms with van der Waals surface area (Å²) in [7, 11) is 0. The van der Waals surface area contributed by atoms with Gasteiger partial charge in [0, 0.05) is 10.0 Å². The quantitative estimate of drug-likeness (QED) is 0.693. The van der Waals surface area contributed by atoms with Crippen LogP contribution in [0.3, 0.4) is 0 Å². The molecule has 1 aromatic heterocycles. The van der Waals surface area contributed by atoms with E-state index in [9.17, 15) is 9.18 Å². The van der Waals surface area contributed by atoms with Crippen molar-refractivity contribution >= 4 is 21.8 Å². The largest absolute Gasteiger partial charge is 0.344 e. The lowest BCUT2D eigenvalue weighted by atomic mass is 10.1. The maximum atomic E-state index is 13.0. The molecule has 1 amide bonds. The van der Waals surface area contributed by atoms with E-state index in [1.165, 1.54) is 12.1 Å². The predicted molar refractivity (Wildman–Crippen MR) is 94.0 cm³/mol. The number of nitrogens with one attached hydrogen (secondary N) is 2. The highest BCUT2D eigenvalue weighted by molar-refractivity contribution is 9.10. The van der Waals surface area contributed by atoms with Gasteiger partial charge in [-0.2, -0.15) is 5.10 Å². The zero-order chi connectivity index (χ0) is 17.1. The third-order valence-corrected chi connectivity index (χ3v) is 4.21. The molecule has 0 radical (unpaired) electrons. The van der Waals surface area contributed by atoms with E-state index in [4.69, 9.17) is 0 Å². The molecule has 0 fully saturated rings. The van der Waals surface area contributed by atoms with Crippen molar-refractivity contribution in [2.45, 2.75) is 13.0 Å². The molecule has 24 heavy (non-hydrogen) atoms. The first-order valence-electron chi connectivity index (χ1n) is 7.40. The Morgan fingerprint density at radius 2 is 1.83 bits per heavy atom. The molecule has 3 rings (SSSR count). The number of hydrogen-bond acceptors (Lipinski definition) is 2. The van der Waals surface area contributed by atoms with Gasteiger partial charge in [0.25, 0.3) is 5.91 Å². The Morgan fingerprint density at radius 1 is 1.17 bits per heavy atom. The number of aromatic amines is 1. The van der Waals surface area contributed by atoms with Crippen LogP contribution in [0.5, 0.6) is 0 Å². The number of carbonyl (C=O) groups is 1. The first-order valence-corrected chi connectivity index (χ1v) is 8.20. The lowest BCUT2D eigenvalue weighted by molar-refractivity contribution is 0.0935. The van der Waals surface area contributed by atoms with Gasteiger partial charge >= 0.3 is 0 Å². The van der Waals surface area contributed by atoms with Crippen molar-refractivity contribution in [1.82, 2.24) is 15.5 Å². The highest BCUT2D eigenvalue weighted by Gasteiger charge is 2.14. The molecule has 2 N–H and O–H groups in total. The number of carbonyl (C=O) groups excluding carboxylic acids is 1. The van der Waals surface area contributed by atoms with E-state index in [0.29, 0.717) is 11.4 Å². The van der Waals surface area contributed by atoms with Crippen LogP contribution in [0.4, 0.5) is 4.39 Å². The monoisotopic (exact) mass is 387 g/mol. The number of nitrogens with zero attached hydrogens (tertiary/aromatic N) is 1. The molecule has 0 unspecified atom stereocenters. The van der Waals surface area contributed by atoms with Crippen molar-refractivity contribution in [2.24, 2.45) is 0 Å². The number of aromatic nitrogens is 2. The van der Waals surface area contributed by atoms with Gasteiger partial charge in [-0.3, -0.25) is 9.89 Å². The zero-order valence-corrected chi connectivity index (χ0v) is 14.5. The summed E-state index contributed by atoms with van der Waals surface area (Å²) in [5.74, 6) is -0.562. The van der Waals surface area contributed by atoms with E-state index >= 15 is 0 Å². The second kappa shape index (κ2) is 6.97. The Bertz CT molecular complexity index is 843. The van der Waals surface area contributed by atoms with Crippen LogP contribution in [0.2, 0.25) is 0 Å². The Labute approximate surface area is 147 Å². The van der Waals surface area contributed by atoms with Gasteiger partial charge in [-0.15, -0.1) is 0 Å². The SMILES string of the molecule is C[C@@H](NC(=O)c1cc(-c2ccc(Br)cc2)n[nH]1)c1ccc(F)cc1. The highest BCUT2D eigenvalue weighted by atomic mass is 79.9. The summed E-state index contributed by atoms with van der Waals surface area (Å²) in [6.07, 6.45) is 0. The molecule has 2 aromatic carbocycles. The third-order valence-electron chi connectivity index (χ3n) is 3.68. The molecular formula is C18H15BrFN3O. The van der Waals surface area contributed by atoms with Crippen LogP contribution in [0.1, 0.15) is 29.0 Å². The van der Waals surface area contributed by atoms with Crippen molar-refractivity contribution in [3.8, 4) is 11.3 Å². The summed E-state index contributed by atoms with van der Waals surface area (Å²) in [6.45, 7) is 1.84. The molecule has 4 nitrogen and oxygen atoms in total. The Hall–Kier alpha value is -2.47. The molecule has 0 aliphatic carbocycles. The van der Waals surface area contributed by atoms with Crippen molar-refractivity contribution in [3.05, 3.63) is 76.1 Å². The number of H-pyrrole nitrogens is 1. The molecule has 122 valence electrons. The van der Waals surface area contributed by atoms with Crippen molar-refractivity contribution in [3.63, 3.8) is 0 Å². The maximum absolute atomic E-state index is 13.0. The summed E-state index contributed by atoms with van der Waals surface area (Å²) < 4.78 is 13.9. The average Bonchev–Trinajstić information content (AvgIpc) is 3.06. The minimum absolute atomic E-state index is 0.238. The van der Waals surface area contributed by atoms with Gasteiger partial charge in [-0.25, -0.2) is 4.39 Å². The van der Waals surface area contributed by atoms with Gasteiger partial charge in [-0.1, -0.05) is 40.2 Å².